The molecule has 0 amide bonds. The lowest BCUT2D eigenvalue weighted by molar-refractivity contribution is 0.250. The summed E-state index contributed by atoms with van der Waals surface area (Å²) < 4.78 is 0. The highest BCUT2D eigenvalue weighted by Crippen LogP contribution is 2.30. The zero-order valence-electron chi connectivity index (χ0n) is 6.09. The van der Waals surface area contributed by atoms with Crippen LogP contribution in [0.1, 0.15) is 19.3 Å². The predicted octanol–water partition coefficient (Wildman–Crippen LogP) is 1.82. The SMILES string of the molecule is BrC1[CH]CCN(C2CC2)C1. The van der Waals surface area contributed by atoms with Crippen LogP contribution in [0, 0.1) is 6.42 Å². The molecule has 0 N–H and O–H groups in total. The number of hydrogen-bond acceptors (Lipinski definition) is 1. The number of piperidine rings is 1. The van der Waals surface area contributed by atoms with Crippen LogP contribution in [0.2, 0.25) is 0 Å². The maximum atomic E-state index is 3.63. The molecule has 0 spiro atoms. The van der Waals surface area contributed by atoms with E-state index in [1.165, 1.54) is 32.4 Å². The van der Waals surface area contributed by atoms with Crippen molar-refractivity contribution >= 4 is 15.9 Å². The molecule has 2 fully saturated rings. The van der Waals surface area contributed by atoms with Crippen LogP contribution >= 0.6 is 15.9 Å². The van der Waals surface area contributed by atoms with Gasteiger partial charge in [-0.2, -0.15) is 0 Å². The molecule has 1 unspecified atom stereocenters. The maximum Gasteiger partial charge on any atom is 0.0305 e. The molecule has 57 valence electrons. The number of halogens is 1. The number of alkyl halides is 1. The Balaban J connectivity index is 1.84. The Morgan fingerprint density at radius 1 is 1.40 bits per heavy atom. The fraction of sp³-hybridized carbons (Fsp3) is 0.875. The van der Waals surface area contributed by atoms with Gasteiger partial charge < -0.3 is 0 Å². The van der Waals surface area contributed by atoms with Gasteiger partial charge in [-0.05, 0) is 32.2 Å². The summed E-state index contributed by atoms with van der Waals surface area (Å²) in [6, 6.07) is 0.953. The fourth-order valence-corrected chi connectivity index (χ4v) is 2.22. The van der Waals surface area contributed by atoms with Crippen LogP contribution in [0.5, 0.6) is 0 Å². The quantitative estimate of drug-likeness (QED) is 0.587. The van der Waals surface area contributed by atoms with Gasteiger partial charge in [0.2, 0.25) is 0 Å². The first-order valence-corrected chi connectivity index (χ1v) is 4.99. The number of likely N-dealkylation sites (tertiary alicyclic amines) is 1. The van der Waals surface area contributed by atoms with Crippen LogP contribution in [-0.2, 0) is 0 Å². The second-order valence-electron chi connectivity index (χ2n) is 3.27. The van der Waals surface area contributed by atoms with Crippen molar-refractivity contribution < 1.29 is 0 Å². The largest absolute Gasteiger partial charge is 0.299 e. The summed E-state index contributed by atoms with van der Waals surface area (Å²) in [5.74, 6) is 0. The second-order valence-corrected chi connectivity index (χ2v) is 4.44. The molecule has 2 rings (SSSR count). The van der Waals surface area contributed by atoms with E-state index in [4.69, 9.17) is 0 Å². The van der Waals surface area contributed by atoms with E-state index in [1.807, 2.05) is 0 Å². The molecule has 0 aromatic carbocycles. The summed E-state index contributed by atoms with van der Waals surface area (Å²) in [6.07, 6.45) is 6.53. The maximum absolute atomic E-state index is 3.63. The van der Waals surface area contributed by atoms with E-state index < -0.39 is 0 Å². The lowest BCUT2D eigenvalue weighted by Crippen LogP contribution is -2.37. The minimum atomic E-state index is 0.654. The minimum Gasteiger partial charge on any atom is -0.299 e. The number of hydrogen-bond donors (Lipinski definition) is 0. The normalized spacial score (nSPS) is 36.3. The van der Waals surface area contributed by atoms with Crippen LogP contribution < -0.4 is 0 Å². The van der Waals surface area contributed by atoms with Crippen molar-refractivity contribution in [3.63, 3.8) is 0 Å². The lowest BCUT2D eigenvalue weighted by atomic mass is 10.1. The van der Waals surface area contributed by atoms with Crippen molar-refractivity contribution in [3.8, 4) is 0 Å². The molecule has 0 bridgehead atoms. The summed E-state index contributed by atoms with van der Waals surface area (Å²) >= 11 is 3.63. The van der Waals surface area contributed by atoms with Gasteiger partial charge in [-0.3, -0.25) is 4.90 Å². The van der Waals surface area contributed by atoms with Crippen molar-refractivity contribution in [2.75, 3.05) is 13.1 Å². The molecule has 1 saturated heterocycles. The van der Waals surface area contributed by atoms with Crippen molar-refractivity contribution in [2.45, 2.75) is 30.1 Å². The molecule has 1 heterocycles. The van der Waals surface area contributed by atoms with Gasteiger partial charge in [0.15, 0.2) is 0 Å². The van der Waals surface area contributed by atoms with Gasteiger partial charge in [0.1, 0.15) is 0 Å². The van der Waals surface area contributed by atoms with Crippen molar-refractivity contribution in [1.82, 2.24) is 4.90 Å². The standard InChI is InChI=1S/C8H13BrN/c9-7-2-1-5-10(6-7)8-3-4-8/h2,7-8H,1,3-6H2. The molecule has 1 aliphatic heterocycles. The molecule has 1 nitrogen and oxygen atoms in total. The van der Waals surface area contributed by atoms with E-state index >= 15 is 0 Å². The molecule has 2 heteroatoms. The highest BCUT2D eigenvalue weighted by Gasteiger charge is 2.31. The summed E-state index contributed by atoms with van der Waals surface area (Å²) in [5, 5.41) is 0. The molecule has 2 aliphatic rings. The van der Waals surface area contributed by atoms with Crippen molar-refractivity contribution in [3.05, 3.63) is 6.42 Å². The monoisotopic (exact) mass is 202 g/mol. The third kappa shape index (κ3) is 1.54. The van der Waals surface area contributed by atoms with E-state index in [-0.39, 0.29) is 0 Å². The third-order valence-corrected chi connectivity index (χ3v) is 2.97. The summed E-state index contributed by atoms with van der Waals surface area (Å²) in [5.41, 5.74) is 0. The smallest absolute Gasteiger partial charge is 0.0305 e. The summed E-state index contributed by atoms with van der Waals surface area (Å²) in [7, 11) is 0. The van der Waals surface area contributed by atoms with Crippen molar-refractivity contribution in [2.24, 2.45) is 0 Å². The highest BCUT2D eigenvalue weighted by atomic mass is 79.9. The van der Waals surface area contributed by atoms with Gasteiger partial charge in [0.25, 0.3) is 0 Å². The average molecular weight is 203 g/mol. The molecule has 10 heavy (non-hydrogen) atoms. The van der Waals surface area contributed by atoms with Gasteiger partial charge in [0.05, 0.1) is 0 Å². The van der Waals surface area contributed by atoms with E-state index in [0.717, 1.165) is 6.04 Å². The number of nitrogens with zero attached hydrogens (tertiary/aromatic N) is 1. The molecule has 0 aromatic heterocycles. The van der Waals surface area contributed by atoms with Gasteiger partial charge in [-0.15, -0.1) is 0 Å². The van der Waals surface area contributed by atoms with Gasteiger partial charge in [-0.1, -0.05) is 15.9 Å². The van der Waals surface area contributed by atoms with E-state index in [9.17, 15) is 0 Å². The highest BCUT2D eigenvalue weighted by molar-refractivity contribution is 9.09. The first-order valence-electron chi connectivity index (χ1n) is 4.08. The first-order chi connectivity index (χ1) is 4.86. The number of rotatable bonds is 1. The third-order valence-electron chi connectivity index (χ3n) is 2.31. The molecule has 1 radical (unpaired) electrons. The van der Waals surface area contributed by atoms with Gasteiger partial charge in [-0.25, -0.2) is 0 Å². The van der Waals surface area contributed by atoms with Crippen molar-refractivity contribution in [1.29, 1.82) is 0 Å². The van der Waals surface area contributed by atoms with Crippen LogP contribution in [0.15, 0.2) is 0 Å². The Hall–Kier alpha value is 0.440. The molecule has 1 aliphatic carbocycles. The zero-order chi connectivity index (χ0) is 6.97. The van der Waals surface area contributed by atoms with Crippen LogP contribution in [-0.4, -0.2) is 28.9 Å². The molecule has 1 saturated carbocycles. The molecule has 1 atom stereocenters. The Morgan fingerprint density at radius 2 is 2.20 bits per heavy atom. The van der Waals surface area contributed by atoms with Crippen LogP contribution in [0.25, 0.3) is 0 Å². The second kappa shape index (κ2) is 2.82. The van der Waals surface area contributed by atoms with Gasteiger partial charge >= 0.3 is 0 Å². The Kier molecular flexibility index (Phi) is 2.01. The Bertz CT molecular complexity index is 122. The van der Waals surface area contributed by atoms with Crippen LogP contribution in [0.4, 0.5) is 0 Å². The topological polar surface area (TPSA) is 3.24 Å². The molecular weight excluding hydrogens is 190 g/mol. The Morgan fingerprint density at radius 3 is 2.80 bits per heavy atom. The van der Waals surface area contributed by atoms with E-state index in [0.29, 0.717) is 4.83 Å². The van der Waals surface area contributed by atoms with E-state index in [2.05, 4.69) is 27.3 Å². The Labute approximate surface area is 70.9 Å². The summed E-state index contributed by atoms with van der Waals surface area (Å²) in [4.78, 5) is 3.27. The van der Waals surface area contributed by atoms with Gasteiger partial charge in [0, 0.05) is 17.4 Å². The lowest BCUT2D eigenvalue weighted by Gasteiger charge is -2.29. The average Bonchev–Trinajstić information content (AvgIpc) is 2.68. The first kappa shape index (κ1) is 7.11. The molecular formula is C8H13BrN. The molecule has 0 aromatic rings. The fourth-order valence-electron chi connectivity index (χ4n) is 1.58. The predicted molar refractivity (Wildman–Crippen MR) is 46.2 cm³/mol. The zero-order valence-corrected chi connectivity index (χ0v) is 7.68. The minimum absolute atomic E-state index is 0.654. The summed E-state index contributed by atoms with van der Waals surface area (Å²) in [6.45, 7) is 2.54. The van der Waals surface area contributed by atoms with E-state index in [1.54, 1.807) is 0 Å². The van der Waals surface area contributed by atoms with Crippen LogP contribution in [0.3, 0.4) is 0 Å².